The van der Waals surface area contributed by atoms with E-state index in [-0.39, 0.29) is 0 Å². The number of benzene rings is 6. The molecule has 6 heteroatoms. The normalized spacial score (nSPS) is 11.7. The highest BCUT2D eigenvalue weighted by molar-refractivity contribution is 5.92. The minimum Gasteiger partial charge on any atom is -0.278 e. The Bertz CT molecular complexity index is 2820. The van der Waals surface area contributed by atoms with Gasteiger partial charge in [-0.25, -0.2) is 0 Å². The Hall–Kier alpha value is -7.05. The van der Waals surface area contributed by atoms with Crippen molar-refractivity contribution in [3.8, 4) is 51.6 Å². The van der Waals surface area contributed by atoms with Crippen molar-refractivity contribution in [1.29, 1.82) is 0 Å². The summed E-state index contributed by atoms with van der Waals surface area (Å²) in [4.78, 5) is 16.7. The smallest absolute Gasteiger partial charge is 0.241 e. The summed E-state index contributed by atoms with van der Waals surface area (Å²) in [6.07, 6.45) is 10.1. The zero-order chi connectivity index (χ0) is 42.7. The standard InChI is InChI=1S/C57H54N6/c1-4-7-19-40-28-31-49-46(34-40)37-52(43-22-13-10-14-23-43)61(49)55-58-56(62-50-32-29-41(20-8-5-2)35-47(50)38-53(62)44-24-15-11-16-25-44)60-57(59-55)63-51-33-30-42(21-9-6-3)36-48(51)39-54(63)45-26-17-12-18-27-45/h10-18,22-39H,4-9,19-21H2,1-3H3. The second kappa shape index (κ2) is 17.7. The number of fused-ring (bicyclic) bond motifs is 3. The molecule has 0 atom stereocenters. The van der Waals surface area contributed by atoms with Crippen LogP contribution in [0.3, 0.4) is 0 Å². The number of hydrogen-bond acceptors (Lipinski definition) is 3. The van der Waals surface area contributed by atoms with Crippen LogP contribution in [0.5, 0.6) is 0 Å². The lowest BCUT2D eigenvalue weighted by Crippen LogP contribution is -2.14. The Morgan fingerprint density at radius 3 is 0.889 bits per heavy atom. The molecule has 63 heavy (non-hydrogen) atoms. The summed E-state index contributed by atoms with van der Waals surface area (Å²) in [6, 6.07) is 59.5. The number of rotatable bonds is 15. The molecule has 0 bridgehead atoms. The molecule has 0 amide bonds. The van der Waals surface area contributed by atoms with Crippen LogP contribution in [-0.4, -0.2) is 28.7 Å². The maximum Gasteiger partial charge on any atom is 0.241 e. The Morgan fingerprint density at radius 1 is 0.333 bits per heavy atom. The van der Waals surface area contributed by atoms with Gasteiger partial charge >= 0.3 is 0 Å². The molecule has 10 aromatic rings. The number of aromatic nitrogens is 6. The molecule has 0 aliphatic carbocycles. The van der Waals surface area contributed by atoms with Gasteiger partial charge in [-0.05, 0) is 127 Å². The second-order valence-corrected chi connectivity index (χ2v) is 16.9. The topological polar surface area (TPSA) is 53.5 Å². The summed E-state index contributed by atoms with van der Waals surface area (Å²) in [5.41, 5.74) is 13.6. The largest absolute Gasteiger partial charge is 0.278 e. The summed E-state index contributed by atoms with van der Waals surface area (Å²) in [7, 11) is 0. The van der Waals surface area contributed by atoms with Gasteiger partial charge in [-0.2, -0.15) is 15.0 Å². The first-order valence-electron chi connectivity index (χ1n) is 23.0. The van der Waals surface area contributed by atoms with E-state index in [4.69, 9.17) is 15.0 Å². The second-order valence-electron chi connectivity index (χ2n) is 16.9. The van der Waals surface area contributed by atoms with Crippen molar-refractivity contribution in [3.05, 3.63) is 180 Å². The molecular formula is C57H54N6. The first kappa shape index (κ1) is 40.0. The van der Waals surface area contributed by atoms with E-state index in [0.29, 0.717) is 17.8 Å². The first-order valence-corrected chi connectivity index (χ1v) is 23.0. The molecule has 0 saturated heterocycles. The van der Waals surface area contributed by atoms with E-state index in [0.717, 1.165) is 124 Å². The highest BCUT2D eigenvalue weighted by atomic mass is 15.3. The third-order valence-electron chi connectivity index (χ3n) is 12.5. The molecule has 6 nitrogen and oxygen atoms in total. The quantitative estimate of drug-likeness (QED) is 0.103. The number of aryl methyl sites for hydroxylation is 3. The van der Waals surface area contributed by atoms with Crippen LogP contribution >= 0.6 is 0 Å². The molecular weight excluding hydrogens is 769 g/mol. The Kier molecular flexibility index (Phi) is 11.3. The van der Waals surface area contributed by atoms with Gasteiger partial charge < -0.3 is 0 Å². The zero-order valence-electron chi connectivity index (χ0n) is 36.6. The average molecular weight is 823 g/mol. The molecule has 10 rings (SSSR count). The molecule has 0 saturated carbocycles. The molecule has 6 aromatic carbocycles. The van der Waals surface area contributed by atoms with Crippen LogP contribution in [0.15, 0.2) is 164 Å². The Labute approximate surface area is 370 Å². The van der Waals surface area contributed by atoms with E-state index in [1.165, 1.54) is 16.7 Å². The predicted molar refractivity (Wildman–Crippen MR) is 262 cm³/mol. The fourth-order valence-corrected chi connectivity index (χ4v) is 9.16. The summed E-state index contributed by atoms with van der Waals surface area (Å²) in [5, 5.41) is 3.49. The van der Waals surface area contributed by atoms with Crippen LogP contribution in [0.2, 0.25) is 0 Å². The number of hydrogen-bond donors (Lipinski definition) is 0. The minimum absolute atomic E-state index is 0.561. The predicted octanol–water partition coefficient (Wildman–Crippen LogP) is 14.7. The van der Waals surface area contributed by atoms with E-state index in [9.17, 15) is 0 Å². The Morgan fingerprint density at radius 2 is 0.619 bits per heavy atom. The van der Waals surface area contributed by atoms with Crippen LogP contribution in [0.1, 0.15) is 76.0 Å². The molecule has 0 N–H and O–H groups in total. The van der Waals surface area contributed by atoms with E-state index >= 15 is 0 Å². The van der Waals surface area contributed by atoms with Gasteiger partial charge in [-0.1, -0.05) is 149 Å². The highest BCUT2D eigenvalue weighted by Crippen LogP contribution is 2.37. The first-order chi connectivity index (χ1) is 31.1. The molecule has 0 spiro atoms. The fourth-order valence-electron chi connectivity index (χ4n) is 9.16. The van der Waals surface area contributed by atoms with Crippen molar-refractivity contribution < 1.29 is 0 Å². The van der Waals surface area contributed by atoms with Crippen LogP contribution < -0.4 is 0 Å². The molecule has 0 aliphatic heterocycles. The SMILES string of the molecule is CCCCc1ccc2c(c1)cc(-c1ccccc1)n2-c1nc(-n2c(-c3ccccc3)cc3cc(CCCC)ccc32)nc(-n2c(-c3ccccc3)cc3cc(CCCC)ccc32)n1. The molecule has 0 aliphatic rings. The molecule has 0 unspecified atom stereocenters. The fraction of sp³-hybridized carbons (Fsp3) is 0.211. The van der Waals surface area contributed by atoms with Crippen molar-refractivity contribution in [1.82, 2.24) is 28.7 Å². The Balaban J connectivity index is 1.30. The molecule has 0 radical (unpaired) electrons. The summed E-state index contributed by atoms with van der Waals surface area (Å²) in [6.45, 7) is 6.76. The van der Waals surface area contributed by atoms with E-state index in [2.05, 4.69) is 198 Å². The lowest BCUT2D eigenvalue weighted by molar-refractivity contribution is 0.795. The summed E-state index contributed by atoms with van der Waals surface area (Å²) in [5.74, 6) is 1.68. The van der Waals surface area contributed by atoms with Gasteiger partial charge in [-0.3, -0.25) is 13.7 Å². The molecule has 0 fully saturated rings. The zero-order valence-corrected chi connectivity index (χ0v) is 36.6. The van der Waals surface area contributed by atoms with E-state index in [1.807, 2.05) is 0 Å². The van der Waals surface area contributed by atoms with Crippen molar-refractivity contribution in [2.24, 2.45) is 0 Å². The molecule has 312 valence electrons. The minimum atomic E-state index is 0.561. The van der Waals surface area contributed by atoms with Gasteiger partial charge in [0.15, 0.2) is 0 Å². The third-order valence-corrected chi connectivity index (χ3v) is 12.5. The van der Waals surface area contributed by atoms with Gasteiger partial charge in [0.05, 0.1) is 33.6 Å². The van der Waals surface area contributed by atoms with E-state index in [1.54, 1.807) is 0 Å². The van der Waals surface area contributed by atoms with Crippen molar-refractivity contribution >= 4 is 32.7 Å². The highest BCUT2D eigenvalue weighted by Gasteiger charge is 2.24. The monoisotopic (exact) mass is 822 g/mol. The van der Waals surface area contributed by atoms with E-state index < -0.39 is 0 Å². The van der Waals surface area contributed by atoms with Crippen LogP contribution in [0, 0.1) is 0 Å². The maximum absolute atomic E-state index is 5.57. The summed E-state index contributed by atoms with van der Waals surface area (Å²) < 4.78 is 6.74. The van der Waals surface area contributed by atoms with Gasteiger partial charge in [-0.15, -0.1) is 0 Å². The summed E-state index contributed by atoms with van der Waals surface area (Å²) >= 11 is 0. The van der Waals surface area contributed by atoms with Gasteiger partial charge in [0.25, 0.3) is 0 Å². The van der Waals surface area contributed by atoms with Gasteiger partial charge in [0.2, 0.25) is 17.8 Å². The lowest BCUT2D eigenvalue weighted by atomic mass is 10.1. The lowest BCUT2D eigenvalue weighted by Gasteiger charge is -2.17. The van der Waals surface area contributed by atoms with Crippen LogP contribution in [0.4, 0.5) is 0 Å². The van der Waals surface area contributed by atoms with Crippen molar-refractivity contribution in [3.63, 3.8) is 0 Å². The van der Waals surface area contributed by atoms with Crippen LogP contribution in [0.25, 0.3) is 84.3 Å². The average Bonchev–Trinajstić information content (AvgIpc) is 4.04. The molecule has 4 heterocycles. The number of unbranched alkanes of at least 4 members (excludes halogenated alkanes) is 3. The van der Waals surface area contributed by atoms with Crippen molar-refractivity contribution in [2.75, 3.05) is 0 Å². The van der Waals surface area contributed by atoms with Crippen molar-refractivity contribution in [2.45, 2.75) is 78.6 Å². The third kappa shape index (κ3) is 7.87. The maximum atomic E-state index is 5.57. The van der Waals surface area contributed by atoms with Crippen LogP contribution in [-0.2, 0) is 19.3 Å². The number of nitrogens with zero attached hydrogens (tertiary/aromatic N) is 6. The van der Waals surface area contributed by atoms with Gasteiger partial charge in [0.1, 0.15) is 0 Å². The van der Waals surface area contributed by atoms with Gasteiger partial charge in [0, 0.05) is 16.2 Å². The molecule has 4 aromatic heterocycles.